The number of benzene rings is 2. The zero-order valence-corrected chi connectivity index (χ0v) is 16.6. The van der Waals surface area contributed by atoms with Gasteiger partial charge in [-0.15, -0.1) is 0 Å². The Morgan fingerprint density at radius 3 is 2.41 bits per heavy atom. The number of hydrogen-bond donors (Lipinski definition) is 2. The monoisotopic (exact) mass is 388 g/mol. The normalized spacial score (nSPS) is 11.6. The maximum atomic E-state index is 12.6. The minimum Gasteiger partial charge on any atom is -0.481 e. The quantitative estimate of drug-likeness (QED) is 0.654. The van der Waals surface area contributed by atoms with Gasteiger partial charge in [-0.2, -0.15) is 0 Å². The maximum absolute atomic E-state index is 12.6. The lowest BCUT2D eigenvalue weighted by atomic mass is 10.2. The molecule has 0 saturated heterocycles. The first kappa shape index (κ1) is 20.8. The van der Waals surface area contributed by atoms with E-state index >= 15 is 0 Å². The van der Waals surface area contributed by atoms with Gasteiger partial charge in [-0.1, -0.05) is 43.1 Å². The van der Waals surface area contributed by atoms with Crippen LogP contribution in [0.25, 0.3) is 0 Å². The molecule has 0 aliphatic heterocycles. The molecule has 0 bridgehead atoms. The summed E-state index contributed by atoms with van der Waals surface area (Å²) >= 11 is 6.20. The first-order chi connectivity index (χ1) is 12.9. The van der Waals surface area contributed by atoms with Gasteiger partial charge in [0.2, 0.25) is 5.91 Å². The van der Waals surface area contributed by atoms with E-state index in [1.165, 1.54) is 0 Å². The zero-order valence-electron chi connectivity index (χ0n) is 15.8. The van der Waals surface area contributed by atoms with Gasteiger partial charge in [0.25, 0.3) is 5.91 Å². The molecule has 27 heavy (non-hydrogen) atoms. The van der Waals surface area contributed by atoms with Crippen molar-refractivity contribution >= 4 is 34.8 Å². The second-order valence-corrected chi connectivity index (χ2v) is 6.72. The molecule has 0 saturated carbocycles. The van der Waals surface area contributed by atoms with E-state index in [1.807, 2.05) is 45.0 Å². The lowest BCUT2D eigenvalue weighted by Gasteiger charge is -2.18. The average Bonchev–Trinajstić information content (AvgIpc) is 2.64. The number of halogens is 1. The van der Waals surface area contributed by atoms with Crippen LogP contribution in [0, 0.1) is 6.92 Å². The molecular weight excluding hydrogens is 364 g/mol. The van der Waals surface area contributed by atoms with E-state index in [2.05, 4.69) is 10.6 Å². The summed E-state index contributed by atoms with van der Waals surface area (Å²) in [6.07, 6.45) is 1.05. The van der Waals surface area contributed by atoms with E-state index in [-0.39, 0.29) is 11.8 Å². The molecule has 2 N–H and O–H groups in total. The molecule has 0 aromatic heterocycles. The highest BCUT2D eigenvalue weighted by Gasteiger charge is 2.20. The third kappa shape index (κ3) is 6.29. The smallest absolute Gasteiger partial charge is 0.265 e. The Morgan fingerprint density at radius 1 is 1.07 bits per heavy atom. The van der Waals surface area contributed by atoms with Crippen molar-refractivity contribution in [1.82, 2.24) is 0 Å². The van der Waals surface area contributed by atoms with Crippen molar-refractivity contribution in [3.05, 3.63) is 53.1 Å². The topological polar surface area (TPSA) is 67.4 Å². The molecule has 0 aliphatic carbocycles. The van der Waals surface area contributed by atoms with Gasteiger partial charge in [0.05, 0.1) is 10.7 Å². The molecule has 2 rings (SSSR count). The Morgan fingerprint density at radius 2 is 1.78 bits per heavy atom. The van der Waals surface area contributed by atoms with Crippen LogP contribution in [0.3, 0.4) is 0 Å². The molecule has 0 spiro atoms. The van der Waals surface area contributed by atoms with Gasteiger partial charge in [0, 0.05) is 12.1 Å². The molecule has 5 nitrogen and oxygen atoms in total. The lowest BCUT2D eigenvalue weighted by molar-refractivity contribution is -0.122. The molecule has 1 atom stereocenters. The maximum Gasteiger partial charge on any atom is 0.265 e. The molecule has 2 amide bonds. The summed E-state index contributed by atoms with van der Waals surface area (Å²) in [5.74, 6) is 0.262. The van der Waals surface area contributed by atoms with Crippen LogP contribution in [0.15, 0.2) is 42.5 Å². The van der Waals surface area contributed by atoms with Gasteiger partial charge >= 0.3 is 0 Å². The Kier molecular flexibility index (Phi) is 7.67. The van der Waals surface area contributed by atoms with Crippen LogP contribution in [0.4, 0.5) is 11.4 Å². The SMILES string of the molecule is CCCC(=O)Nc1ccc(Cl)c(NC(=O)C(CC)Oc2ccc(C)cc2)c1. The third-order valence-electron chi connectivity index (χ3n) is 3.95. The minimum absolute atomic E-state index is 0.0776. The van der Waals surface area contributed by atoms with Crippen LogP contribution in [0.1, 0.15) is 38.7 Å². The fourth-order valence-corrected chi connectivity index (χ4v) is 2.63. The van der Waals surface area contributed by atoms with Gasteiger partial charge in [0.1, 0.15) is 5.75 Å². The molecule has 2 aromatic carbocycles. The number of nitrogens with one attached hydrogen (secondary N) is 2. The number of rotatable bonds is 8. The summed E-state index contributed by atoms with van der Waals surface area (Å²) in [4.78, 5) is 24.4. The summed E-state index contributed by atoms with van der Waals surface area (Å²) in [7, 11) is 0. The summed E-state index contributed by atoms with van der Waals surface area (Å²) in [6, 6.07) is 12.5. The Hall–Kier alpha value is -2.53. The number of hydrogen-bond acceptors (Lipinski definition) is 3. The zero-order chi connectivity index (χ0) is 19.8. The number of ether oxygens (including phenoxy) is 1. The van der Waals surface area contributed by atoms with Gasteiger partial charge < -0.3 is 15.4 Å². The first-order valence-corrected chi connectivity index (χ1v) is 9.44. The predicted octanol–water partition coefficient (Wildman–Crippen LogP) is 5.18. The third-order valence-corrected chi connectivity index (χ3v) is 4.28. The first-order valence-electron chi connectivity index (χ1n) is 9.06. The number of anilines is 2. The van der Waals surface area contributed by atoms with Crippen molar-refractivity contribution in [2.45, 2.75) is 46.1 Å². The molecule has 2 aromatic rings. The highest BCUT2D eigenvalue weighted by molar-refractivity contribution is 6.34. The van der Waals surface area contributed by atoms with Gasteiger partial charge in [-0.05, 0) is 50.1 Å². The summed E-state index contributed by atoms with van der Waals surface area (Å²) < 4.78 is 5.79. The van der Waals surface area contributed by atoms with E-state index in [0.29, 0.717) is 35.0 Å². The number of amides is 2. The van der Waals surface area contributed by atoms with Crippen molar-refractivity contribution in [2.75, 3.05) is 10.6 Å². The van der Waals surface area contributed by atoms with Crippen molar-refractivity contribution in [1.29, 1.82) is 0 Å². The fourth-order valence-electron chi connectivity index (χ4n) is 2.47. The van der Waals surface area contributed by atoms with Crippen molar-refractivity contribution in [3.63, 3.8) is 0 Å². The highest BCUT2D eigenvalue weighted by Crippen LogP contribution is 2.26. The van der Waals surface area contributed by atoms with E-state index in [4.69, 9.17) is 16.3 Å². The van der Waals surface area contributed by atoms with Gasteiger partial charge in [-0.25, -0.2) is 0 Å². The molecular formula is C21H25ClN2O3. The molecule has 0 fully saturated rings. The summed E-state index contributed by atoms with van der Waals surface area (Å²) in [6.45, 7) is 5.80. The summed E-state index contributed by atoms with van der Waals surface area (Å²) in [5.41, 5.74) is 2.14. The Balaban J connectivity index is 2.08. The highest BCUT2D eigenvalue weighted by atomic mass is 35.5. The minimum atomic E-state index is -0.651. The van der Waals surface area contributed by atoms with E-state index in [9.17, 15) is 9.59 Å². The van der Waals surface area contributed by atoms with Crippen LogP contribution in [0.5, 0.6) is 5.75 Å². The largest absolute Gasteiger partial charge is 0.481 e. The molecule has 0 aliphatic rings. The second-order valence-electron chi connectivity index (χ2n) is 6.31. The van der Waals surface area contributed by atoms with Crippen LogP contribution in [-0.2, 0) is 9.59 Å². The van der Waals surface area contributed by atoms with Crippen molar-refractivity contribution in [3.8, 4) is 5.75 Å². The average molecular weight is 389 g/mol. The van der Waals surface area contributed by atoms with Crippen molar-refractivity contribution in [2.24, 2.45) is 0 Å². The fraction of sp³-hybridized carbons (Fsp3) is 0.333. The van der Waals surface area contributed by atoms with Crippen molar-refractivity contribution < 1.29 is 14.3 Å². The summed E-state index contributed by atoms with van der Waals surface area (Å²) in [5, 5.41) is 5.97. The molecule has 1 unspecified atom stereocenters. The predicted molar refractivity (Wildman–Crippen MR) is 110 cm³/mol. The Bertz CT molecular complexity index is 791. The van der Waals surface area contributed by atoms with E-state index in [1.54, 1.807) is 18.2 Å². The molecule has 6 heteroatoms. The van der Waals surface area contributed by atoms with Crippen LogP contribution in [0.2, 0.25) is 5.02 Å². The second kappa shape index (κ2) is 9.97. The lowest BCUT2D eigenvalue weighted by Crippen LogP contribution is -2.32. The van der Waals surface area contributed by atoms with E-state index < -0.39 is 6.10 Å². The van der Waals surface area contributed by atoms with Gasteiger partial charge in [-0.3, -0.25) is 9.59 Å². The van der Waals surface area contributed by atoms with Gasteiger partial charge in [0.15, 0.2) is 6.10 Å². The van der Waals surface area contributed by atoms with Crippen LogP contribution >= 0.6 is 11.6 Å². The molecule has 0 heterocycles. The van der Waals surface area contributed by atoms with Crippen LogP contribution < -0.4 is 15.4 Å². The standard InChI is InChI=1S/C21H25ClN2O3/c1-4-6-20(25)23-15-9-12-17(22)18(13-15)24-21(26)19(5-2)27-16-10-7-14(3)8-11-16/h7-13,19H,4-6H2,1-3H3,(H,23,25)(H,24,26). The van der Waals surface area contributed by atoms with E-state index in [0.717, 1.165) is 12.0 Å². The molecule has 144 valence electrons. The number of aryl methyl sites for hydroxylation is 1. The van der Waals surface area contributed by atoms with Crippen LogP contribution in [-0.4, -0.2) is 17.9 Å². The Labute approximate surface area is 165 Å². The molecule has 0 radical (unpaired) electrons. The number of carbonyl (C=O) groups excluding carboxylic acids is 2. The number of carbonyl (C=O) groups is 2.